The molecule has 1 atom stereocenters. The van der Waals surface area contributed by atoms with Gasteiger partial charge in [-0.15, -0.1) is 0 Å². The van der Waals surface area contributed by atoms with Gasteiger partial charge in [-0.1, -0.05) is 37.2 Å². The van der Waals surface area contributed by atoms with Crippen molar-refractivity contribution in [2.24, 2.45) is 5.16 Å². The molecule has 1 aromatic heterocycles. The molecule has 4 rings (SSSR count). The van der Waals surface area contributed by atoms with Crippen LogP contribution >= 0.6 is 0 Å². The van der Waals surface area contributed by atoms with Gasteiger partial charge < -0.3 is 10.2 Å². The Kier molecular flexibility index (Phi) is 5.87. The number of nitrogens with zero attached hydrogens (tertiary/aromatic N) is 3. The Hall–Kier alpha value is -3.49. The first-order chi connectivity index (χ1) is 14.6. The van der Waals surface area contributed by atoms with Crippen LogP contribution in [0.2, 0.25) is 0 Å². The normalized spacial score (nSPS) is 15.5. The van der Waals surface area contributed by atoms with Crippen molar-refractivity contribution in [3.8, 4) is 17.2 Å². The Morgan fingerprint density at radius 3 is 2.63 bits per heavy atom. The van der Waals surface area contributed by atoms with Crippen LogP contribution in [0.15, 0.2) is 72.1 Å². The Morgan fingerprint density at radius 2 is 1.87 bits per heavy atom. The summed E-state index contributed by atoms with van der Waals surface area (Å²) in [5.74, 6) is 0. The molecule has 1 aliphatic heterocycles. The predicted octanol–water partition coefficient (Wildman–Crippen LogP) is 4.98. The van der Waals surface area contributed by atoms with Gasteiger partial charge in [0.1, 0.15) is 0 Å². The molecule has 30 heavy (non-hydrogen) atoms. The van der Waals surface area contributed by atoms with E-state index in [4.69, 9.17) is 4.84 Å². The van der Waals surface area contributed by atoms with E-state index in [0.717, 1.165) is 40.1 Å². The zero-order valence-corrected chi connectivity index (χ0v) is 17.2. The van der Waals surface area contributed by atoms with Crippen molar-refractivity contribution < 1.29 is 4.84 Å². The molecule has 3 aromatic rings. The number of oxime groups is 1. The molecule has 0 aliphatic carbocycles. The first kappa shape index (κ1) is 19.8. The zero-order chi connectivity index (χ0) is 20.9. The molecule has 150 valence electrons. The van der Waals surface area contributed by atoms with Crippen molar-refractivity contribution >= 4 is 5.71 Å². The zero-order valence-electron chi connectivity index (χ0n) is 17.2. The number of rotatable bonds is 6. The van der Waals surface area contributed by atoms with E-state index in [0.29, 0.717) is 18.0 Å². The third kappa shape index (κ3) is 4.40. The lowest BCUT2D eigenvalue weighted by atomic mass is 9.93. The lowest BCUT2D eigenvalue weighted by Gasteiger charge is -2.13. The highest BCUT2D eigenvalue weighted by Gasteiger charge is 2.24. The van der Waals surface area contributed by atoms with Gasteiger partial charge in [-0.05, 0) is 58.7 Å². The molecule has 0 saturated heterocycles. The second kappa shape index (κ2) is 8.89. The van der Waals surface area contributed by atoms with Gasteiger partial charge in [0.2, 0.25) is 0 Å². The topological polar surface area (TPSA) is 70.3 Å². The molecule has 2 aromatic carbocycles. The Labute approximate surface area is 177 Å². The number of nitriles is 1. The first-order valence-electron chi connectivity index (χ1n) is 10.1. The summed E-state index contributed by atoms with van der Waals surface area (Å²) in [6, 6.07) is 20.7. The highest BCUT2D eigenvalue weighted by molar-refractivity contribution is 6.02. The molecule has 0 saturated carbocycles. The van der Waals surface area contributed by atoms with E-state index < -0.39 is 0 Å². The molecule has 2 heterocycles. The smallest absolute Gasteiger partial charge is 0.158 e. The van der Waals surface area contributed by atoms with Crippen molar-refractivity contribution in [2.75, 3.05) is 0 Å². The Morgan fingerprint density at radius 1 is 1.10 bits per heavy atom. The quantitative estimate of drug-likeness (QED) is 0.638. The minimum Gasteiger partial charge on any atom is -0.387 e. The Balaban J connectivity index is 1.69. The molecule has 1 N–H and O–H groups in total. The van der Waals surface area contributed by atoms with Crippen LogP contribution in [0.5, 0.6) is 0 Å². The largest absolute Gasteiger partial charge is 0.387 e. The summed E-state index contributed by atoms with van der Waals surface area (Å²) in [7, 11) is 0. The van der Waals surface area contributed by atoms with E-state index in [1.807, 2.05) is 36.4 Å². The molecular formula is C25H24N4O. The number of hydrogen-bond donors (Lipinski definition) is 1. The highest BCUT2D eigenvalue weighted by Crippen LogP contribution is 2.32. The molecule has 0 amide bonds. The molecule has 0 spiro atoms. The molecule has 5 heteroatoms. The SMILES string of the molecule is CC(C)NCc1cc(C2=NOC(c3ccncc3)C2)cc(-c2ccccc2C#N)c1. The van der Waals surface area contributed by atoms with E-state index in [2.05, 4.69) is 53.6 Å². The summed E-state index contributed by atoms with van der Waals surface area (Å²) < 4.78 is 0. The number of benzene rings is 2. The van der Waals surface area contributed by atoms with Gasteiger partial charge in [0, 0.05) is 37.0 Å². The number of hydrogen-bond acceptors (Lipinski definition) is 5. The van der Waals surface area contributed by atoms with Crippen molar-refractivity contribution in [1.29, 1.82) is 5.26 Å². The number of nitrogens with one attached hydrogen (secondary N) is 1. The highest BCUT2D eigenvalue weighted by atomic mass is 16.6. The van der Waals surface area contributed by atoms with Crippen LogP contribution in [-0.4, -0.2) is 16.7 Å². The van der Waals surface area contributed by atoms with E-state index in [1.54, 1.807) is 12.4 Å². The maximum absolute atomic E-state index is 9.56. The van der Waals surface area contributed by atoms with Crippen LogP contribution in [-0.2, 0) is 11.4 Å². The van der Waals surface area contributed by atoms with Crippen LogP contribution in [0.4, 0.5) is 0 Å². The summed E-state index contributed by atoms with van der Waals surface area (Å²) in [5, 5.41) is 17.4. The minimum atomic E-state index is -0.102. The fourth-order valence-electron chi connectivity index (χ4n) is 3.58. The molecule has 0 radical (unpaired) electrons. The first-order valence-corrected chi connectivity index (χ1v) is 10.1. The van der Waals surface area contributed by atoms with Gasteiger partial charge >= 0.3 is 0 Å². The summed E-state index contributed by atoms with van der Waals surface area (Å²) in [5.41, 5.74) is 6.77. The average Bonchev–Trinajstić information content (AvgIpc) is 3.28. The van der Waals surface area contributed by atoms with E-state index in [9.17, 15) is 5.26 Å². The third-order valence-corrected chi connectivity index (χ3v) is 5.15. The molecule has 1 aliphatic rings. The van der Waals surface area contributed by atoms with Gasteiger partial charge in [-0.2, -0.15) is 5.26 Å². The van der Waals surface area contributed by atoms with E-state index in [1.165, 1.54) is 0 Å². The molecule has 1 unspecified atom stereocenters. The van der Waals surface area contributed by atoms with E-state index in [-0.39, 0.29) is 6.10 Å². The summed E-state index contributed by atoms with van der Waals surface area (Å²) in [4.78, 5) is 9.80. The maximum Gasteiger partial charge on any atom is 0.158 e. The fraction of sp³-hybridized carbons (Fsp3) is 0.240. The summed E-state index contributed by atoms with van der Waals surface area (Å²) in [6.07, 6.45) is 4.14. The maximum atomic E-state index is 9.56. The van der Waals surface area contributed by atoms with Crippen LogP contribution in [0.25, 0.3) is 11.1 Å². The number of aromatic nitrogens is 1. The predicted molar refractivity (Wildman–Crippen MR) is 118 cm³/mol. The van der Waals surface area contributed by atoms with Crippen LogP contribution < -0.4 is 5.32 Å². The molecule has 5 nitrogen and oxygen atoms in total. The van der Waals surface area contributed by atoms with Crippen LogP contribution in [0.1, 0.15) is 48.6 Å². The fourth-order valence-corrected chi connectivity index (χ4v) is 3.58. The second-order valence-corrected chi connectivity index (χ2v) is 7.73. The van der Waals surface area contributed by atoms with Crippen molar-refractivity contribution in [3.05, 3.63) is 89.2 Å². The van der Waals surface area contributed by atoms with E-state index >= 15 is 0 Å². The Bertz CT molecular complexity index is 1100. The van der Waals surface area contributed by atoms with Crippen molar-refractivity contribution in [3.63, 3.8) is 0 Å². The van der Waals surface area contributed by atoms with Gasteiger partial charge in [-0.25, -0.2) is 0 Å². The lowest BCUT2D eigenvalue weighted by molar-refractivity contribution is 0.0857. The second-order valence-electron chi connectivity index (χ2n) is 7.73. The molecular weight excluding hydrogens is 372 g/mol. The molecule has 0 fully saturated rings. The van der Waals surface area contributed by atoms with Gasteiger partial charge in [-0.3, -0.25) is 4.98 Å². The van der Waals surface area contributed by atoms with Crippen LogP contribution in [0.3, 0.4) is 0 Å². The summed E-state index contributed by atoms with van der Waals surface area (Å²) >= 11 is 0. The monoisotopic (exact) mass is 396 g/mol. The third-order valence-electron chi connectivity index (χ3n) is 5.15. The molecule has 0 bridgehead atoms. The van der Waals surface area contributed by atoms with Gasteiger partial charge in [0.05, 0.1) is 17.3 Å². The average molecular weight is 396 g/mol. The lowest BCUT2D eigenvalue weighted by Crippen LogP contribution is -2.22. The standard InChI is InChI=1S/C25H24N4O/c1-17(2)28-16-18-11-21(23-6-4-3-5-20(23)15-26)13-22(12-18)24-14-25(30-29-24)19-7-9-27-10-8-19/h3-13,17,25,28H,14,16H2,1-2H3. The van der Waals surface area contributed by atoms with Crippen molar-refractivity contribution in [1.82, 2.24) is 10.3 Å². The van der Waals surface area contributed by atoms with Gasteiger partial charge in [0.15, 0.2) is 6.10 Å². The summed E-state index contributed by atoms with van der Waals surface area (Å²) in [6.45, 7) is 5.00. The van der Waals surface area contributed by atoms with Crippen molar-refractivity contribution in [2.45, 2.75) is 39.0 Å². The van der Waals surface area contributed by atoms with Gasteiger partial charge in [0.25, 0.3) is 0 Å². The van der Waals surface area contributed by atoms with Crippen LogP contribution in [0, 0.1) is 11.3 Å². The minimum absolute atomic E-state index is 0.102. The number of pyridine rings is 1.